The van der Waals surface area contributed by atoms with Gasteiger partial charge in [-0.3, -0.25) is 0 Å². The first kappa shape index (κ1) is 27.7. The fraction of sp³-hybridized carbons (Fsp3) is 0.436. The van der Waals surface area contributed by atoms with Crippen molar-refractivity contribution in [1.82, 2.24) is 0 Å². The van der Waals surface area contributed by atoms with Crippen LogP contribution in [0.3, 0.4) is 0 Å². The maximum atomic E-state index is 4.86. The Kier molecular flexibility index (Phi) is 6.45. The van der Waals surface area contributed by atoms with Gasteiger partial charge in [-0.15, -0.1) is 0 Å². The van der Waals surface area contributed by atoms with E-state index < -0.39 is 0 Å². The molecule has 0 aliphatic heterocycles. The van der Waals surface area contributed by atoms with E-state index in [9.17, 15) is 0 Å². The molecule has 0 radical (unpaired) electrons. The molecule has 0 fully saturated rings. The van der Waals surface area contributed by atoms with Crippen LogP contribution in [-0.4, -0.2) is 0 Å². The molecule has 5 rings (SSSR count). The molecule has 3 aliphatic rings. The van der Waals surface area contributed by atoms with Crippen molar-refractivity contribution in [3.05, 3.63) is 111 Å². The molecule has 0 saturated heterocycles. The van der Waals surface area contributed by atoms with Gasteiger partial charge in [-0.1, -0.05) is 101 Å². The Bertz CT molecular complexity index is 1520. The van der Waals surface area contributed by atoms with E-state index in [1.807, 2.05) is 0 Å². The highest BCUT2D eigenvalue weighted by Crippen LogP contribution is 2.70. The third kappa shape index (κ3) is 3.70. The second kappa shape index (κ2) is 9.09. The normalized spacial score (nSPS) is 28.3. The lowest BCUT2D eigenvalue weighted by atomic mass is 9.41. The standard InChI is InChI=1S/C39H48/c1-13-29-16-17-31(19-30(29)14-2)32-18-15-24(5)35-26(7)36-28(9)39(12)27(8)34(23(3)4)25(6)20-38(39,11)22-37(36,10)21-33(32)35/h15-19H,3,7-8,13-14,20-22H2,1-2,4-6,9-12H3/t37-,38+,39-/m1/s1. The zero-order valence-electron chi connectivity index (χ0n) is 26.0. The van der Waals surface area contributed by atoms with Crippen LogP contribution in [0.1, 0.15) is 96.0 Å². The number of hydrogen-bond acceptors (Lipinski definition) is 0. The first-order valence-electron chi connectivity index (χ1n) is 15.0. The lowest BCUT2D eigenvalue weighted by molar-refractivity contribution is 0.0544. The molecule has 3 aliphatic carbocycles. The lowest BCUT2D eigenvalue weighted by Crippen LogP contribution is -2.52. The average molecular weight is 517 g/mol. The van der Waals surface area contributed by atoms with E-state index in [-0.39, 0.29) is 16.2 Å². The molecule has 0 spiro atoms. The van der Waals surface area contributed by atoms with Gasteiger partial charge in [0, 0.05) is 5.41 Å². The Hall–Kier alpha value is -2.86. The van der Waals surface area contributed by atoms with Crippen LogP contribution in [0.15, 0.2) is 83.5 Å². The summed E-state index contributed by atoms with van der Waals surface area (Å²) in [7, 11) is 0. The second-order valence-electron chi connectivity index (χ2n) is 13.6. The molecule has 0 aromatic heterocycles. The van der Waals surface area contributed by atoms with E-state index in [0.717, 1.165) is 37.7 Å². The predicted octanol–water partition coefficient (Wildman–Crippen LogP) is 10.9. The van der Waals surface area contributed by atoms with E-state index in [1.54, 1.807) is 0 Å². The van der Waals surface area contributed by atoms with Crippen LogP contribution in [0.25, 0.3) is 16.7 Å². The van der Waals surface area contributed by atoms with Gasteiger partial charge in [0.25, 0.3) is 0 Å². The average Bonchev–Trinajstić information content (AvgIpc) is 2.85. The zero-order chi connectivity index (χ0) is 28.7. The van der Waals surface area contributed by atoms with Crippen molar-refractivity contribution in [3.8, 4) is 11.1 Å². The lowest BCUT2D eigenvalue weighted by Gasteiger charge is -2.62. The van der Waals surface area contributed by atoms with Gasteiger partial charge in [0.05, 0.1) is 0 Å². The minimum Gasteiger partial charge on any atom is -0.0955 e. The highest BCUT2D eigenvalue weighted by atomic mass is 14.6. The molecule has 39 heavy (non-hydrogen) atoms. The number of rotatable bonds is 4. The maximum absolute atomic E-state index is 4.86. The monoisotopic (exact) mass is 516 g/mol. The van der Waals surface area contributed by atoms with Crippen molar-refractivity contribution in [2.75, 3.05) is 0 Å². The van der Waals surface area contributed by atoms with Crippen LogP contribution in [0.2, 0.25) is 0 Å². The third-order valence-electron chi connectivity index (χ3n) is 11.1. The fourth-order valence-electron chi connectivity index (χ4n) is 9.28. The number of allylic oxidation sites excluding steroid dienone is 7. The minimum atomic E-state index is -0.117. The Morgan fingerprint density at radius 3 is 2.18 bits per heavy atom. The molecular formula is C39H48. The quantitative estimate of drug-likeness (QED) is 0.379. The number of hydrogen-bond donors (Lipinski definition) is 0. The molecule has 2 aromatic rings. The summed E-state index contributed by atoms with van der Waals surface area (Å²) in [5.74, 6) is 0. The first-order chi connectivity index (χ1) is 18.2. The summed E-state index contributed by atoms with van der Waals surface area (Å²) in [6.45, 7) is 35.1. The summed E-state index contributed by atoms with van der Waals surface area (Å²) < 4.78 is 0. The highest BCUT2D eigenvalue weighted by molar-refractivity contribution is 5.90. The zero-order valence-corrected chi connectivity index (χ0v) is 26.0. The van der Waals surface area contributed by atoms with Gasteiger partial charge in [0.1, 0.15) is 0 Å². The number of fused-ring (bicyclic) bond motifs is 3. The number of aryl methyl sites for hydroxylation is 3. The molecule has 0 bridgehead atoms. The van der Waals surface area contributed by atoms with Crippen molar-refractivity contribution >= 4 is 5.57 Å². The molecule has 0 saturated carbocycles. The summed E-state index contributed by atoms with van der Waals surface area (Å²) in [5, 5.41) is 0. The first-order valence-corrected chi connectivity index (χ1v) is 15.0. The Morgan fingerprint density at radius 2 is 1.56 bits per heavy atom. The Balaban J connectivity index is 1.75. The van der Waals surface area contributed by atoms with Gasteiger partial charge in [0.2, 0.25) is 0 Å². The molecule has 0 heterocycles. The van der Waals surface area contributed by atoms with Crippen LogP contribution >= 0.6 is 0 Å². The maximum Gasteiger partial charge on any atom is 0.0194 e. The number of benzene rings is 2. The molecule has 0 unspecified atom stereocenters. The van der Waals surface area contributed by atoms with Gasteiger partial charge >= 0.3 is 0 Å². The van der Waals surface area contributed by atoms with Crippen LogP contribution in [-0.2, 0) is 19.3 Å². The predicted molar refractivity (Wildman–Crippen MR) is 171 cm³/mol. The smallest absolute Gasteiger partial charge is 0.0194 e. The van der Waals surface area contributed by atoms with Gasteiger partial charge in [-0.05, 0) is 132 Å². The van der Waals surface area contributed by atoms with Crippen LogP contribution in [0.4, 0.5) is 0 Å². The van der Waals surface area contributed by atoms with Crippen LogP contribution < -0.4 is 0 Å². The summed E-state index contributed by atoms with van der Waals surface area (Å²) in [6.07, 6.45) is 5.42. The van der Waals surface area contributed by atoms with E-state index in [0.29, 0.717) is 0 Å². The minimum absolute atomic E-state index is 0.0310. The second-order valence-corrected chi connectivity index (χ2v) is 13.6. The summed E-state index contributed by atoms with van der Waals surface area (Å²) in [6, 6.07) is 11.8. The molecule has 0 amide bonds. The molecule has 3 atom stereocenters. The van der Waals surface area contributed by atoms with Gasteiger partial charge in [0.15, 0.2) is 0 Å². The van der Waals surface area contributed by atoms with Crippen molar-refractivity contribution in [2.24, 2.45) is 16.2 Å². The molecule has 0 heteroatoms. The van der Waals surface area contributed by atoms with Crippen LogP contribution in [0.5, 0.6) is 0 Å². The van der Waals surface area contributed by atoms with Gasteiger partial charge in [-0.2, -0.15) is 0 Å². The fourth-order valence-corrected chi connectivity index (χ4v) is 9.28. The van der Waals surface area contributed by atoms with Crippen LogP contribution in [0, 0.1) is 23.2 Å². The van der Waals surface area contributed by atoms with Crippen molar-refractivity contribution in [1.29, 1.82) is 0 Å². The molecular weight excluding hydrogens is 468 g/mol. The Labute approximate surface area is 238 Å². The van der Waals surface area contributed by atoms with E-state index >= 15 is 0 Å². The molecule has 0 N–H and O–H groups in total. The molecule has 204 valence electrons. The van der Waals surface area contributed by atoms with Gasteiger partial charge in [-0.25, -0.2) is 0 Å². The van der Waals surface area contributed by atoms with E-state index in [1.165, 1.54) is 72.4 Å². The van der Waals surface area contributed by atoms with Crippen molar-refractivity contribution in [3.63, 3.8) is 0 Å². The summed E-state index contributed by atoms with van der Waals surface area (Å²) in [5.41, 5.74) is 19.2. The van der Waals surface area contributed by atoms with E-state index in [2.05, 4.69) is 99.2 Å². The van der Waals surface area contributed by atoms with E-state index in [4.69, 9.17) is 13.2 Å². The van der Waals surface area contributed by atoms with Gasteiger partial charge < -0.3 is 0 Å². The highest BCUT2D eigenvalue weighted by Gasteiger charge is 2.59. The Morgan fingerprint density at radius 1 is 0.897 bits per heavy atom. The molecule has 2 aromatic carbocycles. The third-order valence-corrected chi connectivity index (χ3v) is 11.1. The molecule has 0 nitrogen and oxygen atoms in total. The largest absolute Gasteiger partial charge is 0.0955 e. The van der Waals surface area contributed by atoms with Crippen molar-refractivity contribution < 1.29 is 0 Å². The summed E-state index contributed by atoms with van der Waals surface area (Å²) in [4.78, 5) is 0. The topological polar surface area (TPSA) is 0 Å². The summed E-state index contributed by atoms with van der Waals surface area (Å²) >= 11 is 0. The SMILES string of the molecule is C=C(C)C1=C(C)C[C@@]2(C)C[C@@]3(C)Cc4c(-c5ccc(CC)c(CC)c5)ccc(C)c4C(=C)C3=C(C)[C@@]2(C)C1=C. The van der Waals surface area contributed by atoms with Crippen molar-refractivity contribution in [2.45, 2.75) is 94.4 Å².